The monoisotopic (exact) mass is 277 g/mol. The number of aryl methyl sites for hydroxylation is 1. The molecule has 21 heavy (non-hydrogen) atoms. The molecule has 2 aromatic rings. The van der Waals surface area contributed by atoms with Crippen molar-refractivity contribution in [1.29, 1.82) is 0 Å². The van der Waals surface area contributed by atoms with E-state index >= 15 is 0 Å². The van der Waals surface area contributed by atoms with Gasteiger partial charge in [-0.25, -0.2) is 0 Å². The molecule has 0 unspecified atom stereocenters. The number of carbonyl (C=O) groups excluding carboxylic acids is 2. The fourth-order valence-corrected chi connectivity index (χ4v) is 2.40. The molecule has 0 saturated carbocycles. The number of amides is 1. The smallest absolute Gasteiger partial charge is 0.259 e. The zero-order valence-electron chi connectivity index (χ0n) is 11.7. The first-order valence-electron chi connectivity index (χ1n) is 6.86. The molecule has 2 aromatic carbocycles. The van der Waals surface area contributed by atoms with Crippen molar-refractivity contribution in [1.82, 2.24) is 0 Å². The highest BCUT2D eigenvalue weighted by Gasteiger charge is 2.25. The minimum atomic E-state index is -0.349. The van der Waals surface area contributed by atoms with E-state index < -0.39 is 0 Å². The maximum atomic E-state index is 12.4. The summed E-state index contributed by atoms with van der Waals surface area (Å²) in [5.41, 5.74) is 3.62. The Bertz CT molecular complexity index is 742. The molecule has 1 aliphatic carbocycles. The third-order valence-electron chi connectivity index (χ3n) is 3.59. The minimum absolute atomic E-state index is 0.207. The highest BCUT2D eigenvalue weighted by molar-refractivity contribution is 6.29. The number of nitrogens with one attached hydrogen (secondary N) is 1. The van der Waals surface area contributed by atoms with E-state index in [4.69, 9.17) is 0 Å². The molecule has 0 radical (unpaired) electrons. The van der Waals surface area contributed by atoms with Gasteiger partial charge in [0.05, 0.1) is 5.57 Å². The normalized spacial score (nSPS) is 13.4. The topological polar surface area (TPSA) is 46.2 Å². The van der Waals surface area contributed by atoms with Crippen molar-refractivity contribution in [3.63, 3.8) is 0 Å². The van der Waals surface area contributed by atoms with Gasteiger partial charge in [0.2, 0.25) is 0 Å². The molecule has 0 heterocycles. The number of benzene rings is 2. The summed E-state index contributed by atoms with van der Waals surface area (Å²) >= 11 is 0. The summed E-state index contributed by atoms with van der Waals surface area (Å²) in [5.74, 6) is -0.556. The van der Waals surface area contributed by atoms with Crippen LogP contribution in [0.15, 0.2) is 60.2 Å². The molecule has 0 aromatic heterocycles. The van der Waals surface area contributed by atoms with Crippen LogP contribution >= 0.6 is 0 Å². The van der Waals surface area contributed by atoms with Gasteiger partial charge in [0.25, 0.3) is 5.91 Å². The highest BCUT2D eigenvalue weighted by atomic mass is 16.2. The van der Waals surface area contributed by atoms with Crippen LogP contribution in [-0.2, 0) is 11.2 Å². The molecule has 3 nitrogen and oxygen atoms in total. The SMILES string of the molecule is Cc1ccc(NC(=O)C2=CCc3ccccc3C2=O)cc1. The number of hydrogen-bond acceptors (Lipinski definition) is 2. The van der Waals surface area contributed by atoms with Gasteiger partial charge in [-0.3, -0.25) is 9.59 Å². The first-order valence-corrected chi connectivity index (χ1v) is 6.86. The predicted octanol–water partition coefficient (Wildman–Crippen LogP) is 3.30. The van der Waals surface area contributed by atoms with Gasteiger partial charge in [-0.15, -0.1) is 0 Å². The van der Waals surface area contributed by atoms with Gasteiger partial charge >= 0.3 is 0 Å². The highest BCUT2D eigenvalue weighted by Crippen LogP contribution is 2.22. The summed E-state index contributed by atoms with van der Waals surface area (Å²) in [5, 5.41) is 2.77. The number of allylic oxidation sites excluding steroid dienone is 1. The van der Waals surface area contributed by atoms with Crippen LogP contribution in [0.1, 0.15) is 21.5 Å². The molecule has 104 valence electrons. The third kappa shape index (κ3) is 2.63. The Labute approximate surface area is 123 Å². The van der Waals surface area contributed by atoms with Crippen molar-refractivity contribution >= 4 is 17.4 Å². The van der Waals surface area contributed by atoms with Crippen molar-refractivity contribution < 1.29 is 9.59 Å². The zero-order chi connectivity index (χ0) is 14.8. The van der Waals surface area contributed by atoms with Crippen molar-refractivity contribution in [3.8, 4) is 0 Å². The maximum absolute atomic E-state index is 12.4. The predicted molar refractivity (Wildman–Crippen MR) is 82.4 cm³/mol. The largest absolute Gasteiger partial charge is 0.322 e. The summed E-state index contributed by atoms with van der Waals surface area (Å²) in [7, 11) is 0. The van der Waals surface area contributed by atoms with E-state index in [1.165, 1.54) is 0 Å². The number of fused-ring (bicyclic) bond motifs is 1. The number of rotatable bonds is 2. The van der Waals surface area contributed by atoms with E-state index in [0.29, 0.717) is 17.7 Å². The van der Waals surface area contributed by atoms with Gasteiger partial charge in [0, 0.05) is 11.3 Å². The van der Waals surface area contributed by atoms with Crippen LogP contribution in [0.4, 0.5) is 5.69 Å². The molecule has 3 heteroatoms. The fraction of sp³-hybridized carbons (Fsp3) is 0.111. The lowest BCUT2D eigenvalue weighted by Gasteiger charge is -2.15. The van der Waals surface area contributed by atoms with Crippen LogP contribution in [0.5, 0.6) is 0 Å². The van der Waals surface area contributed by atoms with Crippen molar-refractivity contribution in [2.24, 2.45) is 0 Å². The molecule has 0 atom stereocenters. The second kappa shape index (κ2) is 5.37. The third-order valence-corrected chi connectivity index (χ3v) is 3.59. The molecule has 3 rings (SSSR count). The van der Waals surface area contributed by atoms with Crippen molar-refractivity contribution in [3.05, 3.63) is 76.9 Å². The lowest BCUT2D eigenvalue weighted by Crippen LogP contribution is -2.24. The Kier molecular flexibility index (Phi) is 3.40. The number of carbonyl (C=O) groups is 2. The van der Waals surface area contributed by atoms with E-state index in [1.807, 2.05) is 49.4 Å². The van der Waals surface area contributed by atoms with Gasteiger partial charge in [-0.2, -0.15) is 0 Å². The Hall–Kier alpha value is -2.68. The van der Waals surface area contributed by atoms with Gasteiger partial charge in [0.15, 0.2) is 5.78 Å². The van der Waals surface area contributed by atoms with E-state index in [0.717, 1.165) is 11.1 Å². The Morgan fingerprint density at radius 3 is 2.52 bits per heavy atom. The van der Waals surface area contributed by atoms with E-state index in [9.17, 15) is 9.59 Å². The first kappa shape index (κ1) is 13.3. The molecule has 1 N–H and O–H groups in total. The summed E-state index contributed by atoms with van der Waals surface area (Å²) in [4.78, 5) is 24.6. The zero-order valence-corrected chi connectivity index (χ0v) is 11.7. The lowest BCUT2D eigenvalue weighted by atomic mass is 9.90. The van der Waals surface area contributed by atoms with E-state index in [1.54, 1.807) is 12.1 Å². The quantitative estimate of drug-likeness (QED) is 0.856. The van der Waals surface area contributed by atoms with Crippen LogP contribution in [0.2, 0.25) is 0 Å². The van der Waals surface area contributed by atoms with Crippen molar-refractivity contribution in [2.45, 2.75) is 13.3 Å². The Morgan fingerprint density at radius 2 is 1.76 bits per heavy atom. The number of Topliss-reactive ketones (excluding diaryl/α,β-unsaturated/α-hetero) is 1. The Morgan fingerprint density at radius 1 is 1.05 bits per heavy atom. The number of anilines is 1. The van der Waals surface area contributed by atoms with Crippen LogP contribution in [0, 0.1) is 6.92 Å². The van der Waals surface area contributed by atoms with Crippen LogP contribution in [0.3, 0.4) is 0 Å². The molecule has 1 aliphatic rings. The van der Waals surface area contributed by atoms with Gasteiger partial charge < -0.3 is 5.32 Å². The van der Waals surface area contributed by atoms with Crippen LogP contribution in [0.25, 0.3) is 0 Å². The van der Waals surface area contributed by atoms with Crippen molar-refractivity contribution in [2.75, 3.05) is 5.32 Å². The fourth-order valence-electron chi connectivity index (χ4n) is 2.40. The van der Waals surface area contributed by atoms with Gasteiger partial charge in [-0.05, 0) is 31.0 Å². The van der Waals surface area contributed by atoms with E-state index in [-0.39, 0.29) is 17.3 Å². The molecule has 0 spiro atoms. The molecule has 0 saturated heterocycles. The molecule has 0 bridgehead atoms. The van der Waals surface area contributed by atoms with Crippen LogP contribution < -0.4 is 5.32 Å². The summed E-state index contributed by atoms with van der Waals surface area (Å²) in [6.07, 6.45) is 2.31. The second-order valence-corrected chi connectivity index (χ2v) is 5.13. The summed E-state index contributed by atoms with van der Waals surface area (Å²) in [6.45, 7) is 1.98. The second-order valence-electron chi connectivity index (χ2n) is 5.13. The summed E-state index contributed by atoms with van der Waals surface area (Å²) < 4.78 is 0. The molecule has 1 amide bonds. The standard InChI is InChI=1S/C18H15NO2/c1-12-6-9-14(10-7-12)19-18(21)16-11-8-13-4-2-3-5-15(13)17(16)20/h2-7,9-11H,8H2,1H3,(H,19,21). The van der Waals surface area contributed by atoms with Crippen LogP contribution in [-0.4, -0.2) is 11.7 Å². The first-order chi connectivity index (χ1) is 10.1. The van der Waals surface area contributed by atoms with Gasteiger partial charge in [0.1, 0.15) is 0 Å². The Balaban J connectivity index is 1.81. The van der Waals surface area contributed by atoms with E-state index in [2.05, 4.69) is 5.32 Å². The lowest BCUT2D eigenvalue weighted by molar-refractivity contribution is -0.112. The molecule has 0 fully saturated rings. The molecule has 0 aliphatic heterocycles. The number of hydrogen-bond donors (Lipinski definition) is 1. The summed E-state index contributed by atoms with van der Waals surface area (Å²) in [6, 6.07) is 14.9. The maximum Gasteiger partial charge on any atom is 0.259 e. The van der Waals surface area contributed by atoms with Gasteiger partial charge in [-0.1, -0.05) is 48.0 Å². The molecular weight excluding hydrogens is 262 g/mol. The number of ketones is 1. The molecular formula is C18H15NO2. The average Bonchev–Trinajstić information content (AvgIpc) is 2.50. The average molecular weight is 277 g/mol. The minimum Gasteiger partial charge on any atom is -0.322 e.